The summed E-state index contributed by atoms with van der Waals surface area (Å²) in [7, 11) is 1.55. The molecule has 0 radical (unpaired) electrons. The van der Waals surface area contributed by atoms with E-state index in [1.54, 1.807) is 31.5 Å². The number of benzene rings is 2. The first kappa shape index (κ1) is 27.8. The monoisotopic (exact) mass is 529 g/mol. The van der Waals surface area contributed by atoms with Gasteiger partial charge in [-0.25, -0.2) is 17.6 Å². The molecule has 1 fully saturated rings. The standard InChI is InChI=1S/C29H31F4N3O2/c1-38-21-4-5-26-22(15-21)27(20(16-34)17-35-26)23(30)6-7-29(18-37)8-11-36(12-9-29)10-2-3-19-13-24(31)28(33)25(32)14-19/h4-5,13-15,17,23,37H,6-12,16,18,34H2,1H3. The number of hydrogen-bond acceptors (Lipinski definition) is 5. The Morgan fingerprint density at radius 3 is 2.50 bits per heavy atom. The number of methoxy groups -OCH3 is 1. The molecule has 1 saturated heterocycles. The highest BCUT2D eigenvalue weighted by Gasteiger charge is 2.35. The third-order valence-corrected chi connectivity index (χ3v) is 7.43. The van der Waals surface area contributed by atoms with E-state index in [0.29, 0.717) is 66.7 Å². The molecule has 3 N–H and O–H groups in total. The van der Waals surface area contributed by atoms with Crippen LogP contribution in [-0.2, 0) is 6.54 Å². The Kier molecular flexibility index (Phi) is 8.87. The molecule has 1 atom stereocenters. The molecule has 38 heavy (non-hydrogen) atoms. The summed E-state index contributed by atoms with van der Waals surface area (Å²) in [5, 5.41) is 10.9. The van der Waals surface area contributed by atoms with Crippen molar-refractivity contribution in [1.82, 2.24) is 9.88 Å². The van der Waals surface area contributed by atoms with Crippen LogP contribution in [0.4, 0.5) is 17.6 Å². The molecule has 3 aromatic rings. The number of piperidine rings is 1. The van der Waals surface area contributed by atoms with Gasteiger partial charge in [0.25, 0.3) is 0 Å². The molecule has 9 heteroatoms. The number of halogens is 4. The third kappa shape index (κ3) is 6.09. The predicted octanol–water partition coefficient (Wildman–Crippen LogP) is 5.04. The van der Waals surface area contributed by atoms with Crippen LogP contribution in [0.1, 0.15) is 48.5 Å². The molecule has 202 valence electrons. The van der Waals surface area contributed by atoms with Gasteiger partial charge in [-0.1, -0.05) is 11.8 Å². The molecule has 4 rings (SSSR count). The summed E-state index contributed by atoms with van der Waals surface area (Å²) in [6.45, 7) is 1.75. The first-order chi connectivity index (χ1) is 18.3. The van der Waals surface area contributed by atoms with E-state index < -0.39 is 29.0 Å². The van der Waals surface area contributed by atoms with E-state index >= 15 is 4.39 Å². The van der Waals surface area contributed by atoms with Gasteiger partial charge in [-0.3, -0.25) is 9.88 Å². The first-order valence-corrected chi connectivity index (χ1v) is 12.6. The third-order valence-electron chi connectivity index (χ3n) is 7.43. The summed E-state index contributed by atoms with van der Waals surface area (Å²) in [6, 6.07) is 7.08. The second-order valence-electron chi connectivity index (χ2n) is 9.78. The number of fused-ring (bicyclic) bond motifs is 1. The van der Waals surface area contributed by atoms with Crippen LogP contribution < -0.4 is 10.5 Å². The Labute approximate surface area is 219 Å². The summed E-state index contributed by atoms with van der Waals surface area (Å²) < 4.78 is 61.0. The summed E-state index contributed by atoms with van der Waals surface area (Å²) in [5.74, 6) is 2.08. The number of aliphatic hydroxyl groups is 1. The van der Waals surface area contributed by atoms with Gasteiger partial charge in [0.05, 0.1) is 19.2 Å². The van der Waals surface area contributed by atoms with Crippen molar-refractivity contribution < 1.29 is 27.4 Å². The smallest absolute Gasteiger partial charge is 0.194 e. The van der Waals surface area contributed by atoms with E-state index in [1.165, 1.54) is 0 Å². The topological polar surface area (TPSA) is 71.6 Å². The van der Waals surface area contributed by atoms with Crippen molar-refractivity contribution in [2.24, 2.45) is 11.1 Å². The maximum atomic E-state index is 15.8. The van der Waals surface area contributed by atoms with Gasteiger partial charge in [0.2, 0.25) is 0 Å². The Hall–Kier alpha value is -3.19. The maximum Gasteiger partial charge on any atom is 0.194 e. The molecular weight excluding hydrogens is 498 g/mol. The van der Waals surface area contributed by atoms with Crippen LogP contribution in [0.15, 0.2) is 36.5 Å². The largest absolute Gasteiger partial charge is 0.497 e. The zero-order valence-electron chi connectivity index (χ0n) is 21.2. The number of hydrogen-bond donors (Lipinski definition) is 2. The lowest BCUT2D eigenvalue weighted by Gasteiger charge is -2.40. The van der Waals surface area contributed by atoms with Crippen LogP contribution >= 0.6 is 0 Å². The van der Waals surface area contributed by atoms with Crippen molar-refractivity contribution in [3.63, 3.8) is 0 Å². The Balaban J connectivity index is 1.39. The number of nitrogens with two attached hydrogens (primary N) is 1. The average molecular weight is 530 g/mol. The zero-order valence-corrected chi connectivity index (χ0v) is 21.2. The molecule has 0 amide bonds. The number of aromatic nitrogens is 1. The number of alkyl halides is 1. The molecule has 1 aromatic heterocycles. The van der Waals surface area contributed by atoms with Crippen molar-refractivity contribution in [3.8, 4) is 17.6 Å². The molecule has 5 nitrogen and oxygen atoms in total. The predicted molar refractivity (Wildman–Crippen MR) is 138 cm³/mol. The highest BCUT2D eigenvalue weighted by Crippen LogP contribution is 2.41. The fourth-order valence-corrected chi connectivity index (χ4v) is 5.02. The molecular formula is C29H31F4N3O2. The summed E-state index contributed by atoms with van der Waals surface area (Å²) in [5.41, 5.74) is 7.38. The van der Waals surface area contributed by atoms with Gasteiger partial charge >= 0.3 is 0 Å². The average Bonchev–Trinajstić information content (AvgIpc) is 2.94. The van der Waals surface area contributed by atoms with Crippen LogP contribution in [0.25, 0.3) is 10.9 Å². The summed E-state index contributed by atoms with van der Waals surface area (Å²) in [4.78, 5) is 6.47. The number of rotatable bonds is 8. The van der Waals surface area contributed by atoms with E-state index in [1.807, 2.05) is 0 Å². The van der Waals surface area contributed by atoms with Gasteiger partial charge in [0.15, 0.2) is 17.5 Å². The zero-order chi connectivity index (χ0) is 27.3. The van der Waals surface area contributed by atoms with Gasteiger partial charge in [0, 0.05) is 35.9 Å². The van der Waals surface area contributed by atoms with E-state index in [4.69, 9.17) is 10.5 Å². The van der Waals surface area contributed by atoms with E-state index in [9.17, 15) is 18.3 Å². The Bertz CT molecular complexity index is 1320. The van der Waals surface area contributed by atoms with Crippen molar-refractivity contribution in [3.05, 3.63) is 70.7 Å². The van der Waals surface area contributed by atoms with Crippen molar-refractivity contribution in [1.29, 1.82) is 0 Å². The Morgan fingerprint density at radius 2 is 1.87 bits per heavy atom. The number of pyridine rings is 1. The van der Waals surface area contributed by atoms with Gasteiger partial charge < -0.3 is 15.6 Å². The molecule has 2 heterocycles. The lowest BCUT2D eigenvalue weighted by Crippen LogP contribution is -2.42. The number of aliphatic hydroxyl groups excluding tert-OH is 1. The summed E-state index contributed by atoms with van der Waals surface area (Å²) in [6.07, 6.45) is 2.38. The highest BCUT2D eigenvalue weighted by atomic mass is 19.2. The van der Waals surface area contributed by atoms with Crippen molar-refractivity contribution >= 4 is 10.9 Å². The highest BCUT2D eigenvalue weighted by molar-refractivity contribution is 5.85. The number of ether oxygens (including phenoxy) is 1. The molecule has 1 aliphatic rings. The van der Waals surface area contributed by atoms with Gasteiger partial charge in [-0.15, -0.1) is 0 Å². The van der Waals surface area contributed by atoms with Crippen LogP contribution in [0.2, 0.25) is 0 Å². The quantitative estimate of drug-likeness (QED) is 0.243. The maximum absolute atomic E-state index is 15.8. The van der Waals surface area contributed by atoms with Gasteiger partial charge in [-0.2, -0.15) is 0 Å². The molecule has 2 aromatic carbocycles. The minimum absolute atomic E-state index is 0.0535. The minimum Gasteiger partial charge on any atom is -0.497 e. The second-order valence-corrected chi connectivity index (χ2v) is 9.78. The normalized spacial score (nSPS) is 16.2. The number of likely N-dealkylation sites (tertiary alicyclic amines) is 1. The SMILES string of the molecule is COc1ccc2ncc(CN)c(C(F)CCC3(CO)CCN(CC#Cc4cc(F)c(F)c(F)c4)CC3)c2c1. The fraction of sp³-hybridized carbons (Fsp3) is 0.414. The van der Waals surface area contributed by atoms with E-state index in [-0.39, 0.29) is 25.1 Å². The molecule has 0 saturated carbocycles. The second kappa shape index (κ2) is 12.1. The molecule has 0 bridgehead atoms. The first-order valence-electron chi connectivity index (χ1n) is 12.6. The van der Waals surface area contributed by atoms with Crippen LogP contribution in [0.5, 0.6) is 5.75 Å². The lowest BCUT2D eigenvalue weighted by molar-refractivity contribution is 0.0344. The van der Waals surface area contributed by atoms with Crippen molar-refractivity contribution in [2.45, 2.75) is 38.4 Å². The number of nitrogens with zero attached hydrogens (tertiary/aromatic N) is 2. The van der Waals surface area contributed by atoms with Gasteiger partial charge in [0.1, 0.15) is 11.9 Å². The van der Waals surface area contributed by atoms with Crippen LogP contribution in [-0.4, -0.2) is 48.3 Å². The molecule has 0 aliphatic carbocycles. The van der Waals surface area contributed by atoms with E-state index in [0.717, 1.165) is 12.1 Å². The van der Waals surface area contributed by atoms with Crippen LogP contribution in [0, 0.1) is 34.7 Å². The molecule has 1 aliphatic heterocycles. The fourth-order valence-electron chi connectivity index (χ4n) is 5.02. The van der Waals surface area contributed by atoms with E-state index in [2.05, 4.69) is 21.7 Å². The van der Waals surface area contributed by atoms with Crippen molar-refractivity contribution in [2.75, 3.05) is 33.4 Å². The minimum atomic E-state index is -1.52. The molecule has 0 spiro atoms. The lowest BCUT2D eigenvalue weighted by atomic mass is 9.74. The summed E-state index contributed by atoms with van der Waals surface area (Å²) >= 11 is 0. The van der Waals surface area contributed by atoms with Crippen LogP contribution in [0.3, 0.4) is 0 Å². The van der Waals surface area contributed by atoms with Gasteiger partial charge in [-0.05, 0) is 80.1 Å². The molecule has 1 unspecified atom stereocenters. The Morgan fingerprint density at radius 1 is 1.16 bits per heavy atom.